The highest BCUT2D eigenvalue weighted by atomic mass is 14.9. The topological polar surface area (TPSA) is 40.7 Å². The number of para-hydroxylation sites is 2. The van der Waals surface area contributed by atoms with Crippen molar-refractivity contribution in [2.24, 2.45) is 0 Å². The first-order chi connectivity index (χ1) is 6.88. The van der Waals surface area contributed by atoms with Crippen LogP contribution in [0.2, 0.25) is 0 Å². The number of rotatable bonds is 2. The van der Waals surface area contributed by atoms with Crippen LogP contribution < -0.4 is 5.32 Å². The number of nitrogens with zero attached hydrogens (tertiary/aromatic N) is 1. The molecule has 76 valence electrons. The van der Waals surface area contributed by atoms with Crippen LogP contribution in [0.15, 0.2) is 30.6 Å². The first-order valence-corrected chi connectivity index (χ1v) is 4.91. The summed E-state index contributed by atoms with van der Waals surface area (Å²) in [4.78, 5) is 7.07. The zero-order valence-corrected chi connectivity index (χ0v) is 8.75. The van der Waals surface area contributed by atoms with Gasteiger partial charge in [0.15, 0.2) is 0 Å². The molecule has 0 aliphatic rings. The largest absolute Gasteiger partial charge is 0.345 e. The molecule has 0 aliphatic heterocycles. The molecular formula is C11H17N3. The van der Waals surface area contributed by atoms with Crippen molar-refractivity contribution in [3.05, 3.63) is 30.6 Å². The molecule has 0 saturated carbocycles. The third-order valence-corrected chi connectivity index (χ3v) is 1.83. The summed E-state index contributed by atoms with van der Waals surface area (Å²) in [6.45, 7) is 3.29. The second kappa shape index (κ2) is 6.16. The van der Waals surface area contributed by atoms with Gasteiger partial charge < -0.3 is 10.3 Å². The van der Waals surface area contributed by atoms with E-state index in [9.17, 15) is 0 Å². The van der Waals surface area contributed by atoms with Crippen LogP contribution in [0.25, 0.3) is 11.0 Å². The van der Waals surface area contributed by atoms with E-state index in [1.165, 1.54) is 6.42 Å². The second-order valence-electron chi connectivity index (χ2n) is 3.02. The van der Waals surface area contributed by atoms with E-state index in [1.54, 1.807) is 6.33 Å². The molecule has 0 unspecified atom stereocenters. The minimum absolute atomic E-state index is 1.03. The van der Waals surface area contributed by atoms with Gasteiger partial charge in [0.25, 0.3) is 0 Å². The third-order valence-electron chi connectivity index (χ3n) is 1.83. The van der Waals surface area contributed by atoms with Gasteiger partial charge in [0.1, 0.15) is 0 Å². The molecule has 2 N–H and O–H groups in total. The molecule has 0 spiro atoms. The van der Waals surface area contributed by atoms with E-state index < -0.39 is 0 Å². The minimum atomic E-state index is 1.03. The van der Waals surface area contributed by atoms with Gasteiger partial charge >= 0.3 is 0 Å². The number of imidazole rings is 1. The maximum absolute atomic E-state index is 4.06. The van der Waals surface area contributed by atoms with Crippen LogP contribution in [-0.4, -0.2) is 23.6 Å². The summed E-state index contributed by atoms with van der Waals surface area (Å²) in [7, 11) is 1.96. The minimum Gasteiger partial charge on any atom is -0.345 e. The number of aromatic amines is 1. The molecule has 2 rings (SSSR count). The fourth-order valence-corrected chi connectivity index (χ4v) is 1.13. The Kier molecular flexibility index (Phi) is 4.72. The quantitative estimate of drug-likeness (QED) is 0.763. The Bertz CT molecular complexity index is 322. The van der Waals surface area contributed by atoms with E-state index in [-0.39, 0.29) is 0 Å². The number of hydrogen-bond acceptors (Lipinski definition) is 2. The highest BCUT2D eigenvalue weighted by molar-refractivity contribution is 5.73. The summed E-state index contributed by atoms with van der Waals surface area (Å²) in [5.41, 5.74) is 2.12. The van der Waals surface area contributed by atoms with Gasteiger partial charge in [-0.15, -0.1) is 0 Å². The van der Waals surface area contributed by atoms with Crippen LogP contribution in [0.5, 0.6) is 0 Å². The molecule has 3 nitrogen and oxygen atoms in total. The molecule has 0 atom stereocenters. The molecule has 0 aliphatic carbocycles. The van der Waals surface area contributed by atoms with Crippen molar-refractivity contribution in [3.63, 3.8) is 0 Å². The number of hydrogen-bond donors (Lipinski definition) is 2. The lowest BCUT2D eigenvalue weighted by atomic mass is 10.3. The summed E-state index contributed by atoms with van der Waals surface area (Å²) >= 11 is 0. The highest BCUT2D eigenvalue weighted by Gasteiger charge is 1.88. The van der Waals surface area contributed by atoms with E-state index in [0.29, 0.717) is 0 Å². The van der Waals surface area contributed by atoms with Gasteiger partial charge in [-0.1, -0.05) is 19.1 Å². The summed E-state index contributed by atoms with van der Waals surface area (Å²) in [6, 6.07) is 7.94. The maximum atomic E-state index is 4.06. The molecule has 0 radical (unpaired) electrons. The van der Waals surface area contributed by atoms with Crippen molar-refractivity contribution in [1.82, 2.24) is 15.3 Å². The number of benzene rings is 1. The van der Waals surface area contributed by atoms with E-state index in [4.69, 9.17) is 0 Å². The second-order valence-corrected chi connectivity index (χ2v) is 3.02. The lowest BCUT2D eigenvalue weighted by molar-refractivity contribution is 0.772. The number of nitrogens with one attached hydrogen (secondary N) is 2. The third kappa shape index (κ3) is 3.18. The standard InChI is InChI=1S/C7H6N2.C4H11N/c1-2-4-7-6(3-1)8-5-9-7;1-3-4-5-2/h1-5H,(H,8,9);5H,3-4H2,1-2H3. The van der Waals surface area contributed by atoms with Crippen LogP contribution in [0.3, 0.4) is 0 Å². The zero-order chi connectivity index (χ0) is 10.2. The van der Waals surface area contributed by atoms with E-state index >= 15 is 0 Å². The molecule has 0 fully saturated rings. The Hall–Kier alpha value is -1.35. The molecule has 1 aromatic carbocycles. The maximum Gasteiger partial charge on any atom is 0.0931 e. The molecule has 0 bridgehead atoms. The fourth-order valence-electron chi connectivity index (χ4n) is 1.13. The normalized spacial score (nSPS) is 9.57. The van der Waals surface area contributed by atoms with Crippen LogP contribution in [-0.2, 0) is 0 Å². The van der Waals surface area contributed by atoms with Crippen LogP contribution in [0.4, 0.5) is 0 Å². The summed E-state index contributed by atoms with van der Waals surface area (Å²) in [5, 5.41) is 3.02. The molecule has 2 aromatic rings. The first-order valence-electron chi connectivity index (χ1n) is 4.91. The molecular weight excluding hydrogens is 174 g/mol. The molecule has 1 heterocycles. The average molecular weight is 191 g/mol. The van der Waals surface area contributed by atoms with Gasteiger partial charge in [0.2, 0.25) is 0 Å². The van der Waals surface area contributed by atoms with E-state index in [1.807, 2.05) is 31.3 Å². The van der Waals surface area contributed by atoms with Crippen molar-refractivity contribution in [3.8, 4) is 0 Å². The van der Waals surface area contributed by atoms with Crippen molar-refractivity contribution in [1.29, 1.82) is 0 Å². The van der Waals surface area contributed by atoms with Gasteiger partial charge in [-0.3, -0.25) is 0 Å². The lowest BCUT2D eigenvalue weighted by Gasteiger charge is -1.84. The van der Waals surface area contributed by atoms with Gasteiger partial charge in [-0.2, -0.15) is 0 Å². The first kappa shape index (κ1) is 10.7. The van der Waals surface area contributed by atoms with Crippen molar-refractivity contribution < 1.29 is 0 Å². The smallest absolute Gasteiger partial charge is 0.0931 e. The Morgan fingerprint density at radius 3 is 2.71 bits per heavy atom. The molecule has 0 amide bonds. The Morgan fingerprint density at radius 1 is 1.36 bits per heavy atom. The number of H-pyrrole nitrogens is 1. The van der Waals surface area contributed by atoms with Crippen molar-refractivity contribution in [2.45, 2.75) is 13.3 Å². The SMILES string of the molecule is CCCNC.c1ccc2[nH]cnc2c1. The van der Waals surface area contributed by atoms with E-state index in [2.05, 4.69) is 22.2 Å². The monoisotopic (exact) mass is 191 g/mol. The molecule has 14 heavy (non-hydrogen) atoms. The van der Waals surface area contributed by atoms with Gasteiger partial charge in [-0.05, 0) is 32.1 Å². The predicted octanol–water partition coefficient (Wildman–Crippen LogP) is 2.18. The van der Waals surface area contributed by atoms with Crippen LogP contribution in [0, 0.1) is 0 Å². The predicted molar refractivity (Wildman–Crippen MR) is 60.3 cm³/mol. The molecule has 1 aromatic heterocycles. The van der Waals surface area contributed by atoms with Crippen LogP contribution in [0.1, 0.15) is 13.3 Å². The van der Waals surface area contributed by atoms with Gasteiger partial charge in [-0.25, -0.2) is 4.98 Å². The van der Waals surface area contributed by atoms with Gasteiger partial charge in [0.05, 0.1) is 17.4 Å². The fraction of sp³-hybridized carbons (Fsp3) is 0.364. The number of fused-ring (bicyclic) bond motifs is 1. The number of aromatic nitrogens is 2. The Labute approximate surface area is 84.6 Å². The summed E-state index contributed by atoms with van der Waals surface area (Å²) in [6.07, 6.45) is 2.93. The summed E-state index contributed by atoms with van der Waals surface area (Å²) in [5.74, 6) is 0. The molecule has 0 saturated heterocycles. The molecule has 3 heteroatoms. The Balaban J connectivity index is 0.000000171. The van der Waals surface area contributed by atoms with Crippen LogP contribution >= 0.6 is 0 Å². The Morgan fingerprint density at radius 2 is 2.14 bits per heavy atom. The van der Waals surface area contributed by atoms with Crippen molar-refractivity contribution in [2.75, 3.05) is 13.6 Å². The van der Waals surface area contributed by atoms with Crippen molar-refractivity contribution >= 4 is 11.0 Å². The van der Waals surface area contributed by atoms with Gasteiger partial charge in [0, 0.05) is 0 Å². The van der Waals surface area contributed by atoms with E-state index in [0.717, 1.165) is 17.6 Å². The summed E-state index contributed by atoms with van der Waals surface area (Å²) < 4.78 is 0. The highest BCUT2D eigenvalue weighted by Crippen LogP contribution is 2.05. The average Bonchev–Trinajstić information content (AvgIpc) is 2.67. The zero-order valence-electron chi connectivity index (χ0n) is 8.75. The lowest BCUT2D eigenvalue weighted by Crippen LogP contribution is -2.04.